The highest BCUT2D eigenvalue weighted by molar-refractivity contribution is 8.23. The Morgan fingerprint density at radius 1 is 1.11 bits per heavy atom. The highest BCUT2D eigenvalue weighted by atomic mass is 32.3. The van der Waals surface area contributed by atoms with Crippen LogP contribution in [0.4, 0.5) is 4.79 Å². The Balaban J connectivity index is 1.33. The molecular weight excluding hydrogens is 596 g/mol. The fourth-order valence-corrected chi connectivity index (χ4v) is 6.36. The second kappa shape index (κ2) is 15.1. The highest BCUT2D eigenvalue weighted by Gasteiger charge is 2.38. The number of methoxy groups -OCH3 is 1. The highest BCUT2D eigenvalue weighted by Crippen LogP contribution is 2.56. The normalized spacial score (nSPS) is 18.9. The molecule has 0 saturated carbocycles. The van der Waals surface area contributed by atoms with Gasteiger partial charge in [-0.2, -0.15) is 0 Å². The number of esters is 1. The third-order valence-electron chi connectivity index (χ3n) is 7.26. The molecule has 240 valence electrons. The maximum atomic E-state index is 13.2. The lowest BCUT2D eigenvalue weighted by Crippen LogP contribution is -2.54. The largest absolute Gasteiger partial charge is 0.507 e. The fraction of sp³-hybridized carbons (Fsp3) is 0.448. The van der Waals surface area contributed by atoms with Crippen LogP contribution in [0.2, 0.25) is 0 Å². The number of benzene rings is 2. The summed E-state index contributed by atoms with van der Waals surface area (Å²) in [6, 6.07) is 10.0. The number of ether oxygens (including phenoxy) is 3. The number of amides is 4. The Labute approximate surface area is 256 Å². The molecular formula is C29H38N4O10S. The molecule has 2 heterocycles. The fourth-order valence-electron chi connectivity index (χ4n) is 4.88. The second-order valence-electron chi connectivity index (χ2n) is 10.3. The summed E-state index contributed by atoms with van der Waals surface area (Å²) in [5.74, 6) is -1.58. The summed E-state index contributed by atoms with van der Waals surface area (Å²) in [4.78, 5) is 51.4. The van der Waals surface area contributed by atoms with Gasteiger partial charge >= 0.3 is 12.0 Å². The van der Waals surface area contributed by atoms with E-state index in [-0.39, 0.29) is 48.4 Å². The average molecular weight is 635 g/mol. The van der Waals surface area contributed by atoms with Gasteiger partial charge in [-0.3, -0.25) is 23.4 Å². The quantitative estimate of drug-likeness (QED) is 0.149. The number of nitrogens with one attached hydrogen (secondary N) is 3. The maximum Gasteiger partial charge on any atom is 0.345 e. The molecule has 0 radical (unpaired) electrons. The van der Waals surface area contributed by atoms with E-state index in [9.17, 15) is 33.4 Å². The first-order valence-corrected chi connectivity index (χ1v) is 15.8. The lowest BCUT2D eigenvalue weighted by molar-refractivity contribution is -0.123. The molecule has 2 aliphatic rings. The topological polar surface area (TPSA) is 196 Å². The van der Waals surface area contributed by atoms with Gasteiger partial charge in [0.1, 0.15) is 28.4 Å². The molecule has 2 aliphatic heterocycles. The third kappa shape index (κ3) is 8.53. The molecule has 15 heteroatoms. The zero-order chi connectivity index (χ0) is 31.7. The second-order valence-corrected chi connectivity index (χ2v) is 12.3. The zero-order valence-corrected chi connectivity index (χ0v) is 25.1. The molecule has 0 spiro atoms. The van der Waals surface area contributed by atoms with Gasteiger partial charge in [-0.1, -0.05) is 30.3 Å². The lowest BCUT2D eigenvalue weighted by atomic mass is 10.0. The minimum Gasteiger partial charge on any atom is -0.507 e. The average Bonchev–Trinajstić information content (AvgIpc) is 3.30. The van der Waals surface area contributed by atoms with Crippen LogP contribution < -0.4 is 20.1 Å². The van der Waals surface area contributed by atoms with Crippen molar-refractivity contribution in [3.63, 3.8) is 0 Å². The predicted octanol–water partition coefficient (Wildman–Crippen LogP) is 2.33. The summed E-state index contributed by atoms with van der Waals surface area (Å²) >= 11 is 0. The van der Waals surface area contributed by atoms with Crippen LogP contribution in [0.1, 0.15) is 46.0 Å². The third-order valence-corrected chi connectivity index (χ3v) is 9.02. The molecule has 2 aromatic rings. The monoisotopic (exact) mass is 634 g/mol. The number of nitrogens with zero attached hydrogens (tertiary/aromatic N) is 1. The number of carbonyl (C=O) groups excluding carboxylic acids is 4. The van der Waals surface area contributed by atoms with Gasteiger partial charge in [0.2, 0.25) is 11.8 Å². The van der Waals surface area contributed by atoms with Gasteiger partial charge in [0, 0.05) is 26.1 Å². The SMILES string of the molecule is COC(=O)c1c(O)cccc1OCCCCNC(=O)[C@H](Cc1ccc(C2CC(=O)NS2(O)O)cc1)NC(=O)N1CCOCC1. The van der Waals surface area contributed by atoms with E-state index < -0.39 is 33.9 Å². The van der Waals surface area contributed by atoms with Crippen molar-refractivity contribution in [3.05, 3.63) is 59.2 Å². The first-order chi connectivity index (χ1) is 21.1. The minimum atomic E-state index is -3.29. The van der Waals surface area contributed by atoms with Crippen molar-refractivity contribution < 1.29 is 47.6 Å². The molecule has 44 heavy (non-hydrogen) atoms. The number of carbonyl (C=O) groups is 4. The van der Waals surface area contributed by atoms with Crippen molar-refractivity contribution in [1.82, 2.24) is 20.3 Å². The van der Waals surface area contributed by atoms with Crippen molar-refractivity contribution in [2.45, 2.75) is 37.0 Å². The lowest BCUT2D eigenvalue weighted by Gasteiger charge is -2.33. The van der Waals surface area contributed by atoms with Crippen LogP contribution in [0.15, 0.2) is 42.5 Å². The van der Waals surface area contributed by atoms with Gasteiger partial charge in [0.15, 0.2) is 0 Å². The number of unbranched alkanes of at least 4 members (excludes halogenated alkanes) is 1. The van der Waals surface area contributed by atoms with Crippen LogP contribution in [0.3, 0.4) is 0 Å². The molecule has 6 N–H and O–H groups in total. The van der Waals surface area contributed by atoms with Gasteiger partial charge in [0.25, 0.3) is 0 Å². The number of aromatic hydroxyl groups is 1. The molecule has 2 aromatic carbocycles. The Morgan fingerprint density at radius 3 is 2.50 bits per heavy atom. The van der Waals surface area contributed by atoms with E-state index in [1.807, 2.05) is 0 Å². The van der Waals surface area contributed by atoms with Crippen molar-refractivity contribution >= 4 is 34.6 Å². The first-order valence-electron chi connectivity index (χ1n) is 14.2. The summed E-state index contributed by atoms with van der Waals surface area (Å²) in [6.07, 6.45) is 1.21. The van der Waals surface area contributed by atoms with Gasteiger partial charge in [-0.25, -0.2) is 9.59 Å². The molecule has 0 aromatic heterocycles. The minimum absolute atomic E-state index is 0.0341. The zero-order valence-electron chi connectivity index (χ0n) is 24.3. The number of hydrogen-bond donors (Lipinski definition) is 6. The van der Waals surface area contributed by atoms with Crippen LogP contribution >= 0.6 is 10.8 Å². The molecule has 14 nitrogen and oxygen atoms in total. The van der Waals surface area contributed by atoms with Crippen LogP contribution in [0.25, 0.3) is 0 Å². The van der Waals surface area contributed by atoms with Gasteiger partial charge in [-0.05, 0) is 36.1 Å². The van der Waals surface area contributed by atoms with E-state index in [4.69, 9.17) is 14.2 Å². The van der Waals surface area contributed by atoms with Crippen molar-refractivity contribution in [2.24, 2.45) is 0 Å². The van der Waals surface area contributed by atoms with Crippen molar-refractivity contribution in [2.75, 3.05) is 46.6 Å². The molecule has 0 bridgehead atoms. The summed E-state index contributed by atoms with van der Waals surface area (Å²) in [6.45, 7) is 2.16. The van der Waals surface area contributed by atoms with E-state index in [1.54, 1.807) is 41.3 Å². The molecule has 2 atom stereocenters. The maximum absolute atomic E-state index is 13.2. The first kappa shape index (κ1) is 32.9. The summed E-state index contributed by atoms with van der Waals surface area (Å²) in [5.41, 5.74) is 1.25. The predicted molar refractivity (Wildman–Crippen MR) is 160 cm³/mol. The molecule has 2 saturated heterocycles. The number of rotatable bonds is 12. The number of phenolic OH excluding ortho intramolecular Hbond substituents is 1. The molecule has 1 unspecified atom stereocenters. The van der Waals surface area contributed by atoms with E-state index in [0.29, 0.717) is 51.3 Å². The van der Waals surface area contributed by atoms with E-state index in [1.165, 1.54) is 13.2 Å². The van der Waals surface area contributed by atoms with Crippen molar-refractivity contribution in [3.8, 4) is 11.5 Å². The Bertz CT molecular complexity index is 1330. The molecule has 2 fully saturated rings. The molecule has 0 aliphatic carbocycles. The summed E-state index contributed by atoms with van der Waals surface area (Å²) in [7, 11) is -2.08. The van der Waals surface area contributed by atoms with E-state index in [2.05, 4.69) is 15.4 Å². The van der Waals surface area contributed by atoms with Crippen LogP contribution in [-0.4, -0.2) is 95.5 Å². The van der Waals surface area contributed by atoms with E-state index >= 15 is 0 Å². The number of phenols is 1. The van der Waals surface area contributed by atoms with Crippen molar-refractivity contribution in [1.29, 1.82) is 0 Å². The van der Waals surface area contributed by atoms with Crippen LogP contribution in [0, 0.1) is 0 Å². The summed E-state index contributed by atoms with van der Waals surface area (Å²) < 4.78 is 38.3. The summed E-state index contributed by atoms with van der Waals surface area (Å²) in [5, 5.41) is 14.9. The standard InChI is InChI=1S/C29H38N4O10S/c1-41-28(37)26-22(34)5-4-6-23(26)43-14-3-2-11-30-27(36)21(31-29(38)33-12-15-42-16-13-33)17-19-7-9-20(10-8-19)24-18-25(35)32-44(24,39)40/h4-10,21,24,34,39-40H,2-3,11-18H2,1H3,(H,30,36)(H,31,38)(H,32,35)/t21-,24?/m0/s1. The molecule has 4 rings (SSSR count). The van der Waals surface area contributed by atoms with Gasteiger partial charge in [-0.15, -0.1) is 10.8 Å². The van der Waals surface area contributed by atoms with E-state index in [0.717, 1.165) is 5.56 Å². The van der Waals surface area contributed by atoms with Gasteiger partial charge in [0.05, 0.1) is 33.4 Å². The Morgan fingerprint density at radius 2 is 1.84 bits per heavy atom. The number of hydrogen-bond acceptors (Lipinski definition) is 10. The van der Waals surface area contributed by atoms with Crippen LogP contribution in [0.5, 0.6) is 11.5 Å². The van der Waals surface area contributed by atoms with Gasteiger partial charge < -0.3 is 34.9 Å². The number of morpholine rings is 1. The Hall–Kier alpha value is -4.05. The number of urea groups is 1. The molecule has 4 amide bonds. The van der Waals surface area contributed by atoms with Crippen LogP contribution in [-0.2, 0) is 25.5 Å². The Kier molecular flexibility index (Phi) is 11.3. The smallest absolute Gasteiger partial charge is 0.345 e.